The molecule has 1 heterocycles. The number of hydrogen-bond donors (Lipinski definition) is 3. The van der Waals surface area contributed by atoms with E-state index in [1.54, 1.807) is 13.8 Å². The Hall–Kier alpha value is -2.11. The van der Waals surface area contributed by atoms with Crippen LogP contribution in [0.2, 0.25) is 0 Å². The SMILES string of the molecule is CCNC(=O)[C@H](C)NC(=O)C[NH+]1CCN(S(=O)(=O)c2cc(F)ccc2F)CC1. The number of piperazine rings is 1. The molecular formula is C17H25F2N4O4S+. The molecule has 0 bridgehead atoms. The Balaban J connectivity index is 1.91. The minimum atomic E-state index is -4.15. The van der Waals surface area contributed by atoms with Gasteiger partial charge in [0.25, 0.3) is 5.91 Å². The van der Waals surface area contributed by atoms with Crippen LogP contribution in [0.1, 0.15) is 13.8 Å². The molecule has 1 aromatic rings. The average Bonchev–Trinajstić information content (AvgIpc) is 2.64. The number of rotatable bonds is 7. The highest BCUT2D eigenvalue weighted by Gasteiger charge is 2.33. The predicted octanol–water partition coefficient (Wildman–Crippen LogP) is -1.51. The second-order valence-electron chi connectivity index (χ2n) is 6.59. The molecule has 11 heteroatoms. The number of nitrogens with zero attached hydrogens (tertiary/aromatic N) is 1. The Morgan fingerprint density at radius 2 is 1.89 bits per heavy atom. The summed E-state index contributed by atoms with van der Waals surface area (Å²) in [7, 11) is -4.15. The third-order valence-electron chi connectivity index (χ3n) is 4.47. The monoisotopic (exact) mass is 419 g/mol. The summed E-state index contributed by atoms with van der Waals surface area (Å²) < 4.78 is 53.4. The number of carbonyl (C=O) groups is 2. The van der Waals surface area contributed by atoms with E-state index >= 15 is 0 Å². The highest BCUT2D eigenvalue weighted by molar-refractivity contribution is 7.89. The number of halogens is 2. The van der Waals surface area contributed by atoms with Crippen LogP contribution in [0.4, 0.5) is 8.78 Å². The normalized spacial score (nSPS) is 17.1. The van der Waals surface area contributed by atoms with Gasteiger partial charge in [-0.25, -0.2) is 17.2 Å². The second-order valence-corrected chi connectivity index (χ2v) is 8.50. The minimum absolute atomic E-state index is 0.0762. The summed E-state index contributed by atoms with van der Waals surface area (Å²) in [4.78, 5) is 23.9. The highest BCUT2D eigenvalue weighted by atomic mass is 32.2. The van der Waals surface area contributed by atoms with Crippen molar-refractivity contribution in [3.05, 3.63) is 29.8 Å². The van der Waals surface area contributed by atoms with Crippen molar-refractivity contribution in [2.24, 2.45) is 0 Å². The predicted molar refractivity (Wildman–Crippen MR) is 97.0 cm³/mol. The van der Waals surface area contributed by atoms with Gasteiger partial charge in [0.05, 0.1) is 26.2 Å². The molecule has 156 valence electrons. The fourth-order valence-electron chi connectivity index (χ4n) is 2.95. The molecule has 2 amide bonds. The van der Waals surface area contributed by atoms with Gasteiger partial charge < -0.3 is 15.5 Å². The number of amides is 2. The van der Waals surface area contributed by atoms with Gasteiger partial charge in [-0.2, -0.15) is 4.31 Å². The molecule has 1 saturated heterocycles. The van der Waals surface area contributed by atoms with E-state index in [-0.39, 0.29) is 31.4 Å². The molecule has 28 heavy (non-hydrogen) atoms. The first-order valence-corrected chi connectivity index (χ1v) is 10.4. The summed E-state index contributed by atoms with van der Waals surface area (Å²) in [5.41, 5.74) is 0. The molecule has 3 N–H and O–H groups in total. The van der Waals surface area contributed by atoms with Crippen LogP contribution in [0.5, 0.6) is 0 Å². The van der Waals surface area contributed by atoms with E-state index in [0.29, 0.717) is 25.7 Å². The molecule has 0 radical (unpaired) electrons. The van der Waals surface area contributed by atoms with Crippen LogP contribution < -0.4 is 15.5 Å². The van der Waals surface area contributed by atoms with Gasteiger partial charge in [-0.1, -0.05) is 0 Å². The lowest BCUT2D eigenvalue weighted by molar-refractivity contribution is -0.895. The third kappa shape index (κ3) is 5.46. The Morgan fingerprint density at radius 1 is 1.25 bits per heavy atom. The van der Waals surface area contributed by atoms with Gasteiger partial charge in [0.1, 0.15) is 22.6 Å². The summed E-state index contributed by atoms with van der Waals surface area (Å²) in [6.07, 6.45) is 0. The molecule has 1 aliphatic heterocycles. The third-order valence-corrected chi connectivity index (χ3v) is 6.39. The van der Waals surface area contributed by atoms with Gasteiger partial charge in [-0.3, -0.25) is 9.59 Å². The first kappa shape index (κ1) is 22.2. The Labute approximate surface area is 162 Å². The van der Waals surface area contributed by atoms with E-state index in [1.807, 2.05) is 0 Å². The van der Waals surface area contributed by atoms with Crippen molar-refractivity contribution in [3.63, 3.8) is 0 Å². The Kier molecular flexibility index (Phi) is 7.44. The van der Waals surface area contributed by atoms with Gasteiger partial charge >= 0.3 is 0 Å². The number of benzene rings is 1. The number of nitrogens with one attached hydrogen (secondary N) is 3. The van der Waals surface area contributed by atoms with E-state index in [0.717, 1.165) is 21.3 Å². The van der Waals surface area contributed by atoms with Crippen LogP contribution in [0.25, 0.3) is 0 Å². The molecule has 0 spiro atoms. The Bertz CT molecular complexity index is 826. The maximum Gasteiger partial charge on any atom is 0.275 e. The smallest absolute Gasteiger partial charge is 0.275 e. The van der Waals surface area contributed by atoms with Crippen LogP contribution in [0, 0.1) is 11.6 Å². The van der Waals surface area contributed by atoms with Crippen molar-refractivity contribution in [2.45, 2.75) is 24.8 Å². The standard InChI is InChI=1S/C17H24F2N4O4S/c1-3-20-17(25)12(2)21-16(24)11-22-6-8-23(9-7-22)28(26,27)15-10-13(18)4-5-14(15)19/h4-5,10,12H,3,6-9,11H2,1-2H3,(H,20,25)(H,21,24)/p+1/t12-/m0/s1. The highest BCUT2D eigenvalue weighted by Crippen LogP contribution is 2.20. The van der Waals surface area contributed by atoms with Crippen LogP contribution in [0.3, 0.4) is 0 Å². The molecule has 0 aliphatic carbocycles. The fraction of sp³-hybridized carbons (Fsp3) is 0.529. The largest absolute Gasteiger partial charge is 0.355 e. The second kappa shape index (κ2) is 9.39. The topological polar surface area (TPSA) is 100 Å². The van der Waals surface area contributed by atoms with E-state index in [4.69, 9.17) is 0 Å². The molecule has 0 saturated carbocycles. The van der Waals surface area contributed by atoms with Crippen LogP contribution in [-0.2, 0) is 19.6 Å². The summed E-state index contributed by atoms with van der Waals surface area (Å²) in [6.45, 7) is 4.73. The molecule has 1 fully saturated rings. The van der Waals surface area contributed by atoms with E-state index < -0.39 is 32.6 Å². The molecule has 0 unspecified atom stereocenters. The van der Waals surface area contributed by atoms with Crippen LogP contribution >= 0.6 is 0 Å². The summed E-state index contributed by atoms with van der Waals surface area (Å²) >= 11 is 0. The zero-order chi connectivity index (χ0) is 20.9. The zero-order valence-electron chi connectivity index (χ0n) is 15.8. The summed E-state index contributed by atoms with van der Waals surface area (Å²) in [5, 5.41) is 5.21. The molecule has 0 aromatic heterocycles. The lowest BCUT2D eigenvalue weighted by Gasteiger charge is -2.31. The van der Waals surface area contributed by atoms with Crippen molar-refractivity contribution in [3.8, 4) is 0 Å². The summed E-state index contributed by atoms with van der Waals surface area (Å²) in [5.74, 6) is -2.43. The lowest BCUT2D eigenvalue weighted by atomic mass is 10.3. The van der Waals surface area contributed by atoms with Gasteiger partial charge in [0, 0.05) is 6.54 Å². The van der Waals surface area contributed by atoms with Gasteiger partial charge in [0.15, 0.2) is 6.54 Å². The lowest BCUT2D eigenvalue weighted by Crippen LogP contribution is -3.15. The zero-order valence-corrected chi connectivity index (χ0v) is 16.6. The minimum Gasteiger partial charge on any atom is -0.355 e. The van der Waals surface area contributed by atoms with Crippen molar-refractivity contribution >= 4 is 21.8 Å². The first-order valence-electron chi connectivity index (χ1n) is 9.01. The van der Waals surface area contributed by atoms with E-state index in [9.17, 15) is 26.8 Å². The van der Waals surface area contributed by atoms with Crippen molar-refractivity contribution in [1.29, 1.82) is 0 Å². The van der Waals surface area contributed by atoms with Gasteiger partial charge in [-0.15, -0.1) is 0 Å². The molecule has 1 aromatic carbocycles. The van der Waals surface area contributed by atoms with Crippen molar-refractivity contribution in [2.75, 3.05) is 39.3 Å². The molecule has 1 aliphatic rings. The number of likely N-dealkylation sites (N-methyl/N-ethyl adjacent to an activating group) is 1. The van der Waals surface area contributed by atoms with Crippen molar-refractivity contribution in [1.82, 2.24) is 14.9 Å². The van der Waals surface area contributed by atoms with Crippen LogP contribution in [0.15, 0.2) is 23.1 Å². The summed E-state index contributed by atoms with van der Waals surface area (Å²) in [6, 6.07) is 1.64. The Morgan fingerprint density at radius 3 is 2.50 bits per heavy atom. The first-order chi connectivity index (χ1) is 13.1. The molecule has 1 atom stereocenters. The van der Waals surface area contributed by atoms with Crippen molar-refractivity contribution < 1.29 is 31.7 Å². The number of quaternary nitrogens is 1. The number of sulfonamides is 1. The van der Waals surface area contributed by atoms with E-state index in [2.05, 4.69) is 10.6 Å². The quantitative estimate of drug-likeness (QED) is 0.501. The fourth-order valence-corrected chi connectivity index (χ4v) is 4.46. The van der Waals surface area contributed by atoms with Gasteiger partial charge in [-0.05, 0) is 32.0 Å². The molecule has 8 nitrogen and oxygen atoms in total. The molecule has 2 rings (SSSR count). The maximum atomic E-state index is 13.8. The number of carbonyl (C=O) groups excluding carboxylic acids is 2. The maximum absolute atomic E-state index is 13.8. The molecular weight excluding hydrogens is 394 g/mol. The van der Waals surface area contributed by atoms with Crippen LogP contribution in [-0.4, -0.2) is 69.8 Å². The van der Waals surface area contributed by atoms with E-state index in [1.165, 1.54) is 0 Å². The van der Waals surface area contributed by atoms with Gasteiger partial charge in [0.2, 0.25) is 15.9 Å². The average molecular weight is 419 g/mol. The number of hydrogen-bond acceptors (Lipinski definition) is 4.